The molecule has 0 radical (unpaired) electrons. The maximum atomic E-state index is 5.53. The molecule has 1 aromatic heterocycles. The first-order chi connectivity index (χ1) is 5.33. The number of nitrogen functional groups attached to an aromatic ring is 1. The van der Waals surface area contributed by atoms with E-state index in [-0.39, 0.29) is 0 Å². The molecule has 1 saturated carbocycles. The Balaban J connectivity index is 2.14. The Morgan fingerprint density at radius 2 is 2.55 bits per heavy atom. The predicted octanol–water partition coefficient (Wildman–Crippen LogP) is 0.226. The minimum absolute atomic E-state index is 0.436. The molecule has 0 saturated heterocycles. The molecule has 1 aliphatic rings. The summed E-state index contributed by atoms with van der Waals surface area (Å²) in [7, 11) is 0. The van der Waals surface area contributed by atoms with Crippen LogP contribution in [-0.2, 0) is 0 Å². The molecule has 2 atom stereocenters. The van der Waals surface area contributed by atoms with Crippen molar-refractivity contribution in [2.24, 2.45) is 5.92 Å². The van der Waals surface area contributed by atoms with Crippen molar-refractivity contribution < 1.29 is 0 Å². The third-order valence-electron chi connectivity index (χ3n) is 2.24. The standard InChI is InChI=1S/C6H11N5/c1-2-4-3-5(4)11-6(7)8-9-10-11/h4-5H,2-3H2,1H3,(H2,7,8,10). The molecule has 2 unspecified atom stereocenters. The molecule has 5 nitrogen and oxygen atoms in total. The van der Waals surface area contributed by atoms with E-state index in [4.69, 9.17) is 5.73 Å². The molecule has 2 N–H and O–H groups in total. The fourth-order valence-corrected chi connectivity index (χ4v) is 1.41. The van der Waals surface area contributed by atoms with Crippen molar-refractivity contribution in [1.82, 2.24) is 20.2 Å². The van der Waals surface area contributed by atoms with E-state index in [1.165, 1.54) is 12.8 Å². The van der Waals surface area contributed by atoms with Crippen LogP contribution in [0.4, 0.5) is 5.95 Å². The highest BCUT2D eigenvalue weighted by Crippen LogP contribution is 2.45. The summed E-state index contributed by atoms with van der Waals surface area (Å²) >= 11 is 0. The lowest BCUT2D eigenvalue weighted by molar-refractivity contribution is 0.565. The van der Waals surface area contributed by atoms with Gasteiger partial charge in [0, 0.05) is 0 Å². The molecule has 1 aromatic rings. The van der Waals surface area contributed by atoms with Crippen molar-refractivity contribution in [2.75, 3.05) is 5.73 Å². The molecule has 1 heterocycles. The van der Waals surface area contributed by atoms with Gasteiger partial charge in [-0.15, -0.1) is 0 Å². The Morgan fingerprint density at radius 1 is 1.73 bits per heavy atom. The zero-order chi connectivity index (χ0) is 7.84. The molecule has 0 aliphatic heterocycles. The number of anilines is 1. The van der Waals surface area contributed by atoms with Crippen molar-refractivity contribution in [1.29, 1.82) is 0 Å². The van der Waals surface area contributed by atoms with Gasteiger partial charge in [0.15, 0.2) is 0 Å². The van der Waals surface area contributed by atoms with Gasteiger partial charge in [-0.05, 0) is 22.8 Å². The normalized spacial score (nSPS) is 28.8. The molecule has 11 heavy (non-hydrogen) atoms. The SMILES string of the molecule is CCC1CC1n1nnnc1N. The van der Waals surface area contributed by atoms with Gasteiger partial charge in [-0.1, -0.05) is 18.4 Å². The number of aromatic nitrogens is 4. The molecule has 60 valence electrons. The summed E-state index contributed by atoms with van der Waals surface area (Å²) in [6, 6.07) is 0.468. The van der Waals surface area contributed by atoms with Crippen molar-refractivity contribution in [3.8, 4) is 0 Å². The highest BCUT2D eigenvalue weighted by atomic mass is 15.6. The van der Waals surface area contributed by atoms with E-state index in [9.17, 15) is 0 Å². The zero-order valence-electron chi connectivity index (χ0n) is 6.44. The summed E-state index contributed by atoms with van der Waals surface area (Å²) in [4.78, 5) is 0. The highest BCUT2D eigenvalue weighted by molar-refractivity contribution is 5.14. The van der Waals surface area contributed by atoms with Gasteiger partial charge in [-0.25, -0.2) is 4.68 Å². The summed E-state index contributed by atoms with van der Waals surface area (Å²) < 4.78 is 1.72. The zero-order valence-corrected chi connectivity index (χ0v) is 6.44. The number of tetrazole rings is 1. The van der Waals surface area contributed by atoms with Gasteiger partial charge in [-0.3, -0.25) is 0 Å². The maximum Gasteiger partial charge on any atom is 0.240 e. The molecular weight excluding hydrogens is 142 g/mol. The van der Waals surface area contributed by atoms with Crippen LogP contribution in [0.25, 0.3) is 0 Å². The fraction of sp³-hybridized carbons (Fsp3) is 0.833. The van der Waals surface area contributed by atoms with Gasteiger partial charge in [0.05, 0.1) is 6.04 Å². The Morgan fingerprint density at radius 3 is 3.00 bits per heavy atom. The second kappa shape index (κ2) is 2.18. The summed E-state index contributed by atoms with van der Waals surface area (Å²) in [6.45, 7) is 2.17. The molecule has 0 spiro atoms. The first kappa shape index (κ1) is 6.57. The topological polar surface area (TPSA) is 69.6 Å². The Bertz CT molecular complexity index is 255. The first-order valence-corrected chi connectivity index (χ1v) is 3.86. The minimum Gasteiger partial charge on any atom is -0.367 e. The smallest absolute Gasteiger partial charge is 0.240 e. The van der Waals surface area contributed by atoms with Crippen LogP contribution in [0.5, 0.6) is 0 Å². The van der Waals surface area contributed by atoms with Crippen LogP contribution < -0.4 is 5.73 Å². The Hall–Kier alpha value is -1.13. The average Bonchev–Trinajstić information content (AvgIpc) is 2.68. The van der Waals surface area contributed by atoms with Gasteiger partial charge in [0.2, 0.25) is 5.95 Å². The van der Waals surface area contributed by atoms with Crippen LogP contribution in [0.2, 0.25) is 0 Å². The van der Waals surface area contributed by atoms with Crippen molar-refractivity contribution in [3.63, 3.8) is 0 Å². The average molecular weight is 153 g/mol. The van der Waals surface area contributed by atoms with E-state index in [0.717, 1.165) is 5.92 Å². The Kier molecular flexibility index (Phi) is 1.30. The van der Waals surface area contributed by atoms with Crippen LogP contribution in [0.15, 0.2) is 0 Å². The van der Waals surface area contributed by atoms with Crippen LogP contribution in [-0.4, -0.2) is 20.2 Å². The molecule has 5 heteroatoms. The number of rotatable bonds is 2. The maximum absolute atomic E-state index is 5.53. The molecule has 0 bridgehead atoms. The van der Waals surface area contributed by atoms with E-state index in [1.54, 1.807) is 4.68 Å². The summed E-state index contributed by atoms with van der Waals surface area (Å²) in [6.07, 6.45) is 2.36. The number of nitrogens with two attached hydrogens (primary N) is 1. The quantitative estimate of drug-likeness (QED) is 0.660. The lowest BCUT2D eigenvalue weighted by atomic mass is 10.3. The number of hydrogen-bond acceptors (Lipinski definition) is 4. The largest absolute Gasteiger partial charge is 0.367 e. The second-order valence-electron chi connectivity index (χ2n) is 2.95. The van der Waals surface area contributed by atoms with Crippen molar-refractivity contribution in [2.45, 2.75) is 25.8 Å². The third kappa shape index (κ3) is 0.961. The number of nitrogens with zero attached hydrogens (tertiary/aromatic N) is 4. The molecule has 1 aliphatic carbocycles. The lowest BCUT2D eigenvalue weighted by Gasteiger charge is -1.96. The van der Waals surface area contributed by atoms with Crippen LogP contribution in [0.3, 0.4) is 0 Å². The predicted molar refractivity (Wildman–Crippen MR) is 39.7 cm³/mol. The second-order valence-corrected chi connectivity index (χ2v) is 2.95. The van der Waals surface area contributed by atoms with E-state index in [1.807, 2.05) is 0 Å². The first-order valence-electron chi connectivity index (χ1n) is 3.86. The fourth-order valence-electron chi connectivity index (χ4n) is 1.41. The van der Waals surface area contributed by atoms with E-state index >= 15 is 0 Å². The van der Waals surface area contributed by atoms with Crippen molar-refractivity contribution in [3.05, 3.63) is 0 Å². The van der Waals surface area contributed by atoms with Crippen LogP contribution in [0.1, 0.15) is 25.8 Å². The van der Waals surface area contributed by atoms with Crippen LogP contribution in [0, 0.1) is 5.92 Å². The molecule has 0 aromatic carbocycles. The molecule has 0 amide bonds. The van der Waals surface area contributed by atoms with E-state index in [2.05, 4.69) is 22.4 Å². The van der Waals surface area contributed by atoms with Gasteiger partial charge in [0.1, 0.15) is 0 Å². The lowest BCUT2D eigenvalue weighted by Crippen LogP contribution is -2.04. The number of hydrogen-bond donors (Lipinski definition) is 1. The van der Waals surface area contributed by atoms with Crippen LogP contribution >= 0.6 is 0 Å². The van der Waals surface area contributed by atoms with Gasteiger partial charge < -0.3 is 5.73 Å². The Labute approximate surface area is 64.6 Å². The summed E-state index contributed by atoms with van der Waals surface area (Å²) in [5.74, 6) is 1.17. The summed E-state index contributed by atoms with van der Waals surface area (Å²) in [5, 5.41) is 10.9. The third-order valence-corrected chi connectivity index (χ3v) is 2.24. The van der Waals surface area contributed by atoms with Crippen molar-refractivity contribution >= 4 is 5.95 Å². The van der Waals surface area contributed by atoms with Gasteiger partial charge >= 0.3 is 0 Å². The molecule has 2 rings (SSSR count). The minimum atomic E-state index is 0.436. The molecule has 1 fully saturated rings. The van der Waals surface area contributed by atoms with E-state index in [0.29, 0.717) is 12.0 Å². The summed E-state index contributed by atoms with van der Waals surface area (Å²) in [5.41, 5.74) is 5.53. The highest BCUT2D eigenvalue weighted by Gasteiger charge is 2.39. The molecular formula is C6H11N5. The monoisotopic (exact) mass is 153 g/mol. The van der Waals surface area contributed by atoms with Gasteiger partial charge in [0.25, 0.3) is 0 Å². The van der Waals surface area contributed by atoms with E-state index < -0.39 is 0 Å². The van der Waals surface area contributed by atoms with Gasteiger partial charge in [-0.2, -0.15) is 0 Å².